The molecular weight excluding hydrogens is 312 g/mol. The summed E-state index contributed by atoms with van der Waals surface area (Å²) in [5.74, 6) is 1.52. The first-order valence-corrected chi connectivity index (χ1v) is 9.70. The van der Waals surface area contributed by atoms with Crippen LogP contribution in [0.5, 0.6) is 0 Å². The Kier molecular flexibility index (Phi) is 5.78. The molecule has 1 aromatic rings. The van der Waals surface area contributed by atoms with Gasteiger partial charge in [-0.25, -0.2) is 0 Å². The summed E-state index contributed by atoms with van der Waals surface area (Å²) in [7, 11) is 0. The first-order chi connectivity index (χ1) is 11.9. The van der Waals surface area contributed by atoms with Crippen molar-refractivity contribution in [3.63, 3.8) is 0 Å². The van der Waals surface area contributed by atoms with Crippen molar-refractivity contribution in [3.8, 4) is 0 Å². The minimum absolute atomic E-state index is 0.140. The molecule has 0 bridgehead atoms. The molecule has 0 radical (unpaired) electrons. The van der Waals surface area contributed by atoms with Gasteiger partial charge in [0.15, 0.2) is 0 Å². The molecule has 2 atom stereocenters. The Hall–Kier alpha value is -1.42. The number of amides is 1. The van der Waals surface area contributed by atoms with Gasteiger partial charge in [-0.3, -0.25) is 9.78 Å². The van der Waals surface area contributed by atoms with Gasteiger partial charge in [-0.05, 0) is 61.1 Å². The second kappa shape index (κ2) is 7.86. The molecule has 1 aromatic heterocycles. The summed E-state index contributed by atoms with van der Waals surface area (Å²) < 4.78 is 5.66. The molecule has 2 heterocycles. The zero-order valence-electron chi connectivity index (χ0n) is 15.8. The van der Waals surface area contributed by atoms with E-state index in [4.69, 9.17) is 4.74 Å². The maximum Gasteiger partial charge on any atom is 0.223 e. The largest absolute Gasteiger partial charge is 0.379 e. The molecule has 1 N–H and O–H groups in total. The molecule has 1 saturated carbocycles. The van der Waals surface area contributed by atoms with Crippen molar-refractivity contribution in [2.75, 3.05) is 13.2 Å². The highest BCUT2D eigenvalue weighted by Crippen LogP contribution is 2.39. The summed E-state index contributed by atoms with van der Waals surface area (Å²) in [6.45, 7) is 8.32. The van der Waals surface area contributed by atoms with Crippen LogP contribution in [0.15, 0.2) is 24.5 Å². The van der Waals surface area contributed by atoms with E-state index in [9.17, 15) is 4.79 Å². The van der Waals surface area contributed by atoms with E-state index in [1.54, 1.807) is 0 Å². The highest BCUT2D eigenvalue weighted by atomic mass is 16.5. The zero-order chi connectivity index (χ0) is 17.9. The van der Waals surface area contributed by atoms with Gasteiger partial charge in [0.2, 0.25) is 5.91 Å². The summed E-state index contributed by atoms with van der Waals surface area (Å²) in [5.41, 5.74) is 1.62. The lowest BCUT2D eigenvalue weighted by molar-refractivity contribution is -0.127. The van der Waals surface area contributed by atoms with E-state index in [1.807, 2.05) is 24.5 Å². The number of ether oxygens (including phenoxy) is 1. The van der Waals surface area contributed by atoms with Crippen LogP contribution in [0.4, 0.5) is 0 Å². The number of hydrogen-bond donors (Lipinski definition) is 1. The normalized spacial score (nSPS) is 30.2. The smallest absolute Gasteiger partial charge is 0.223 e. The first kappa shape index (κ1) is 18.4. The minimum Gasteiger partial charge on any atom is -0.379 e. The molecule has 0 aromatic carbocycles. The molecule has 1 aliphatic heterocycles. The fourth-order valence-corrected chi connectivity index (χ4v) is 4.30. The van der Waals surface area contributed by atoms with Crippen molar-refractivity contribution >= 4 is 5.91 Å². The van der Waals surface area contributed by atoms with Crippen LogP contribution in [-0.2, 0) is 16.0 Å². The fourth-order valence-electron chi connectivity index (χ4n) is 4.30. The molecule has 25 heavy (non-hydrogen) atoms. The van der Waals surface area contributed by atoms with Crippen LogP contribution in [0.2, 0.25) is 0 Å². The van der Waals surface area contributed by atoms with E-state index in [1.165, 1.54) is 18.4 Å². The second-order valence-corrected chi connectivity index (χ2v) is 8.89. The predicted molar refractivity (Wildman–Crippen MR) is 99.1 cm³/mol. The Labute approximate surface area is 151 Å². The van der Waals surface area contributed by atoms with Crippen LogP contribution < -0.4 is 5.32 Å². The lowest BCUT2D eigenvalue weighted by Crippen LogP contribution is -2.44. The van der Waals surface area contributed by atoms with Crippen molar-refractivity contribution in [2.24, 2.45) is 23.2 Å². The molecule has 2 aliphatic rings. The van der Waals surface area contributed by atoms with Gasteiger partial charge in [-0.15, -0.1) is 0 Å². The molecule has 4 heteroatoms. The Morgan fingerprint density at radius 2 is 1.84 bits per heavy atom. The molecule has 2 fully saturated rings. The Bertz CT molecular complexity index is 559. The average Bonchev–Trinajstić information content (AvgIpc) is 3.02. The standard InChI is InChI=1S/C21H32N2O2/c1-21(2,3)18-6-4-16(5-7-18)20(24)23-19-14-25-13-17(19)12-15-8-10-22-11-9-15/h8-11,16-19H,4-7,12-14H2,1-3H3,(H,23,24). The van der Waals surface area contributed by atoms with Crippen LogP contribution in [0.3, 0.4) is 0 Å². The maximum atomic E-state index is 12.7. The number of nitrogens with zero attached hydrogens (tertiary/aromatic N) is 1. The zero-order valence-corrected chi connectivity index (χ0v) is 15.8. The van der Waals surface area contributed by atoms with Gasteiger partial charge in [-0.2, -0.15) is 0 Å². The number of carbonyl (C=O) groups is 1. The van der Waals surface area contributed by atoms with E-state index in [-0.39, 0.29) is 17.9 Å². The van der Waals surface area contributed by atoms with E-state index < -0.39 is 0 Å². The van der Waals surface area contributed by atoms with Crippen molar-refractivity contribution in [2.45, 2.75) is 58.9 Å². The van der Waals surface area contributed by atoms with Gasteiger partial charge < -0.3 is 10.1 Å². The number of hydrogen-bond acceptors (Lipinski definition) is 3. The lowest BCUT2D eigenvalue weighted by Gasteiger charge is -2.36. The molecule has 3 rings (SSSR count). The average molecular weight is 344 g/mol. The third-order valence-electron chi connectivity index (χ3n) is 6.10. The highest BCUT2D eigenvalue weighted by Gasteiger charge is 2.35. The highest BCUT2D eigenvalue weighted by molar-refractivity contribution is 5.79. The quantitative estimate of drug-likeness (QED) is 0.908. The topological polar surface area (TPSA) is 51.2 Å². The van der Waals surface area contributed by atoms with Gasteiger partial charge in [0.1, 0.15) is 0 Å². The first-order valence-electron chi connectivity index (χ1n) is 9.70. The fraction of sp³-hybridized carbons (Fsp3) is 0.714. The molecule has 2 unspecified atom stereocenters. The van der Waals surface area contributed by atoms with E-state index in [0.29, 0.717) is 17.9 Å². The third-order valence-corrected chi connectivity index (χ3v) is 6.10. The molecule has 1 saturated heterocycles. The van der Waals surface area contributed by atoms with Crippen LogP contribution in [0, 0.1) is 23.2 Å². The van der Waals surface area contributed by atoms with Gasteiger partial charge in [0, 0.05) is 24.2 Å². The van der Waals surface area contributed by atoms with Crippen LogP contribution in [0.1, 0.15) is 52.0 Å². The van der Waals surface area contributed by atoms with Gasteiger partial charge in [0.25, 0.3) is 0 Å². The van der Waals surface area contributed by atoms with E-state index in [0.717, 1.165) is 31.8 Å². The van der Waals surface area contributed by atoms with Crippen LogP contribution >= 0.6 is 0 Å². The SMILES string of the molecule is CC(C)(C)C1CCC(C(=O)NC2COCC2Cc2ccncc2)CC1. The maximum absolute atomic E-state index is 12.7. The number of aromatic nitrogens is 1. The van der Waals surface area contributed by atoms with Crippen LogP contribution in [-0.4, -0.2) is 30.1 Å². The van der Waals surface area contributed by atoms with E-state index in [2.05, 4.69) is 31.1 Å². The number of rotatable bonds is 4. The molecule has 1 amide bonds. The van der Waals surface area contributed by atoms with Crippen LogP contribution in [0.25, 0.3) is 0 Å². The predicted octanol–water partition coefficient (Wildman–Crippen LogP) is 3.61. The summed E-state index contributed by atoms with van der Waals surface area (Å²) in [6.07, 6.45) is 8.97. The van der Waals surface area contributed by atoms with Crippen molar-refractivity contribution in [3.05, 3.63) is 30.1 Å². The number of nitrogens with one attached hydrogen (secondary N) is 1. The second-order valence-electron chi connectivity index (χ2n) is 8.89. The summed E-state index contributed by atoms with van der Waals surface area (Å²) in [5, 5.41) is 3.29. The Morgan fingerprint density at radius 1 is 1.16 bits per heavy atom. The third kappa shape index (κ3) is 4.81. The summed E-state index contributed by atoms with van der Waals surface area (Å²) in [4.78, 5) is 16.8. The Morgan fingerprint density at radius 3 is 2.48 bits per heavy atom. The summed E-state index contributed by atoms with van der Waals surface area (Å²) in [6, 6.07) is 4.23. The number of pyridine rings is 1. The van der Waals surface area contributed by atoms with E-state index >= 15 is 0 Å². The molecule has 4 nitrogen and oxygen atoms in total. The lowest BCUT2D eigenvalue weighted by atomic mass is 9.69. The van der Waals surface area contributed by atoms with Gasteiger partial charge in [0.05, 0.1) is 19.3 Å². The molecule has 0 spiro atoms. The van der Waals surface area contributed by atoms with Crippen molar-refractivity contribution in [1.82, 2.24) is 10.3 Å². The summed E-state index contributed by atoms with van der Waals surface area (Å²) >= 11 is 0. The minimum atomic E-state index is 0.140. The van der Waals surface area contributed by atoms with Crippen molar-refractivity contribution in [1.29, 1.82) is 0 Å². The number of carbonyl (C=O) groups excluding carboxylic acids is 1. The van der Waals surface area contributed by atoms with Gasteiger partial charge >= 0.3 is 0 Å². The van der Waals surface area contributed by atoms with Gasteiger partial charge in [-0.1, -0.05) is 20.8 Å². The monoisotopic (exact) mass is 344 g/mol. The molecular formula is C21H32N2O2. The molecule has 1 aliphatic carbocycles. The molecule has 138 valence electrons. The van der Waals surface area contributed by atoms with Crippen molar-refractivity contribution < 1.29 is 9.53 Å². The Balaban J connectivity index is 1.50.